The average Bonchev–Trinajstić information content (AvgIpc) is 3.12. The van der Waals surface area contributed by atoms with Crippen molar-refractivity contribution in [3.8, 4) is 11.5 Å². The first-order chi connectivity index (χ1) is 13.7. The fourth-order valence-corrected chi connectivity index (χ4v) is 3.69. The summed E-state index contributed by atoms with van der Waals surface area (Å²) in [5.41, 5.74) is 0.369. The normalized spacial score (nSPS) is 15.4. The summed E-state index contributed by atoms with van der Waals surface area (Å²) in [5.74, 6) is 1.49. The molecule has 0 fully saturated rings. The van der Waals surface area contributed by atoms with E-state index >= 15 is 0 Å². The van der Waals surface area contributed by atoms with Gasteiger partial charge in [0.05, 0.1) is 5.69 Å². The Balaban J connectivity index is 1.64. The van der Waals surface area contributed by atoms with Crippen LogP contribution in [-0.2, 0) is 13.0 Å². The summed E-state index contributed by atoms with van der Waals surface area (Å²) in [6.07, 6.45) is 3.13. The van der Waals surface area contributed by atoms with Gasteiger partial charge in [0.15, 0.2) is 34.4 Å². The predicted octanol–water partition coefficient (Wildman–Crippen LogP) is 3.62. The number of benzene rings is 1. The Hall–Kier alpha value is -2.94. The summed E-state index contributed by atoms with van der Waals surface area (Å²) in [7, 11) is 0. The maximum Gasteiger partial charge on any atom is 0.198 e. The first-order valence-electron chi connectivity index (χ1n) is 8.81. The lowest BCUT2D eigenvalue weighted by Gasteiger charge is -2.26. The van der Waals surface area contributed by atoms with E-state index < -0.39 is 11.9 Å². The molecule has 7 nitrogen and oxygen atoms in total. The molecule has 3 aromatic rings. The molecule has 9 heteroatoms. The standard InChI is InChI=1S/C19H18FN5O2S/c1-3-9-25-17(15-10-26-13-7-5-6-8-14(13)27-15)23-24-19(25)28-18-16(20)12(4-2)21-11-22-18/h3,5-8,11,15H,1,4,9-10H2,2H3. The van der Waals surface area contributed by atoms with Crippen molar-refractivity contribution in [1.29, 1.82) is 0 Å². The van der Waals surface area contributed by atoms with Crippen LogP contribution in [0.4, 0.5) is 4.39 Å². The molecule has 28 heavy (non-hydrogen) atoms. The summed E-state index contributed by atoms with van der Waals surface area (Å²) in [6, 6.07) is 7.46. The zero-order valence-corrected chi connectivity index (χ0v) is 16.0. The fourth-order valence-electron chi connectivity index (χ4n) is 2.85. The summed E-state index contributed by atoms with van der Waals surface area (Å²) < 4.78 is 28.2. The van der Waals surface area contributed by atoms with Crippen molar-refractivity contribution in [2.24, 2.45) is 0 Å². The lowest BCUT2D eigenvalue weighted by molar-refractivity contribution is 0.0821. The van der Waals surface area contributed by atoms with E-state index in [-0.39, 0.29) is 5.03 Å². The average molecular weight is 399 g/mol. The predicted molar refractivity (Wildman–Crippen MR) is 101 cm³/mol. The Bertz CT molecular complexity index is 1010. The fraction of sp³-hybridized carbons (Fsp3) is 0.263. The van der Waals surface area contributed by atoms with Crippen LogP contribution in [0.25, 0.3) is 0 Å². The molecule has 0 N–H and O–H groups in total. The monoisotopic (exact) mass is 399 g/mol. The highest BCUT2D eigenvalue weighted by Gasteiger charge is 2.29. The van der Waals surface area contributed by atoms with Crippen LogP contribution < -0.4 is 9.47 Å². The third-order valence-corrected chi connectivity index (χ3v) is 5.17. The number of ether oxygens (including phenoxy) is 2. The molecule has 4 rings (SSSR count). The second-order valence-electron chi connectivity index (χ2n) is 6.00. The third kappa shape index (κ3) is 3.45. The van der Waals surface area contributed by atoms with Crippen molar-refractivity contribution in [1.82, 2.24) is 24.7 Å². The van der Waals surface area contributed by atoms with Crippen LogP contribution in [-0.4, -0.2) is 31.3 Å². The second kappa shape index (κ2) is 7.97. The summed E-state index contributed by atoms with van der Waals surface area (Å²) in [6.45, 7) is 6.39. The zero-order valence-electron chi connectivity index (χ0n) is 15.2. The third-order valence-electron chi connectivity index (χ3n) is 4.21. The molecule has 1 unspecified atom stereocenters. The van der Waals surface area contributed by atoms with Gasteiger partial charge in [0.25, 0.3) is 0 Å². The number of nitrogens with zero attached hydrogens (tertiary/aromatic N) is 5. The van der Waals surface area contributed by atoms with E-state index in [9.17, 15) is 4.39 Å². The number of hydrogen-bond acceptors (Lipinski definition) is 7. The minimum absolute atomic E-state index is 0.210. The Morgan fingerprint density at radius 1 is 1.29 bits per heavy atom. The quantitative estimate of drug-likeness (QED) is 0.463. The molecule has 0 saturated heterocycles. The van der Waals surface area contributed by atoms with E-state index in [2.05, 4.69) is 26.7 Å². The number of aromatic nitrogens is 5. The van der Waals surface area contributed by atoms with Gasteiger partial charge in [-0.25, -0.2) is 14.4 Å². The van der Waals surface area contributed by atoms with Crippen LogP contribution in [0.1, 0.15) is 24.5 Å². The van der Waals surface area contributed by atoms with Crippen molar-refractivity contribution in [3.05, 3.63) is 60.6 Å². The van der Waals surface area contributed by atoms with Crippen molar-refractivity contribution in [2.75, 3.05) is 6.61 Å². The number of fused-ring (bicyclic) bond motifs is 1. The van der Waals surface area contributed by atoms with Crippen molar-refractivity contribution in [3.63, 3.8) is 0 Å². The van der Waals surface area contributed by atoms with E-state index in [0.717, 1.165) is 11.8 Å². The largest absolute Gasteiger partial charge is 0.485 e. The highest BCUT2D eigenvalue weighted by Crippen LogP contribution is 2.36. The van der Waals surface area contributed by atoms with Crippen LogP contribution in [0.15, 0.2) is 53.4 Å². The van der Waals surface area contributed by atoms with Crippen molar-refractivity contribution < 1.29 is 13.9 Å². The smallest absolute Gasteiger partial charge is 0.198 e. The van der Waals surface area contributed by atoms with E-state index in [1.54, 1.807) is 6.08 Å². The lowest BCUT2D eigenvalue weighted by atomic mass is 10.2. The molecule has 0 amide bonds. The number of hydrogen-bond donors (Lipinski definition) is 0. The summed E-state index contributed by atoms with van der Waals surface area (Å²) >= 11 is 1.10. The number of halogens is 1. The molecule has 144 valence electrons. The van der Waals surface area contributed by atoms with Gasteiger partial charge in [-0.05, 0) is 30.3 Å². The highest BCUT2D eigenvalue weighted by molar-refractivity contribution is 7.99. The minimum Gasteiger partial charge on any atom is -0.485 e. The molecule has 0 spiro atoms. The van der Waals surface area contributed by atoms with Gasteiger partial charge in [-0.3, -0.25) is 4.57 Å². The Morgan fingerprint density at radius 2 is 2.11 bits per heavy atom. The molecule has 2 aromatic heterocycles. The first kappa shape index (κ1) is 18.4. The molecule has 0 saturated carbocycles. The Labute approximate surface area is 165 Å². The maximum absolute atomic E-state index is 14.5. The van der Waals surface area contributed by atoms with Gasteiger partial charge >= 0.3 is 0 Å². The van der Waals surface area contributed by atoms with Gasteiger partial charge in [0, 0.05) is 6.54 Å². The number of aryl methyl sites for hydroxylation is 1. The van der Waals surface area contributed by atoms with Crippen molar-refractivity contribution in [2.45, 2.75) is 36.2 Å². The number of allylic oxidation sites excluding steroid dienone is 1. The molecule has 0 radical (unpaired) electrons. The molecular weight excluding hydrogens is 381 g/mol. The molecule has 1 atom stereocenters. The molecule has 1 aliphatic heterocycles. The molecule has 0 bridgehead atoms. The van der Waals surface area contributed by atoms with E-state index in [1.165, 1.54) is 6.33 Å². The first-order valence-corrected chi connectivity index (χ1v) is 9.62. The lowest BCUT2D eigenvalue weighted by Crippen LogP contribution is -2.25. The van der Waals surface area contributed by atoms with Crippen LogP contribution in [0, 0.1) is 5.82 Å². The maximum atomic E-state index is 14.5. The molecule has 0 aliphatic carbocycles. The van der Waals surface area contributed by atoms with E-state index in [0.29, 0.717) is 47.7 Å². The van der Waals surface area contributed by atoms with Gasteiger partial charge in [-0.1, -0.05) is 25.1 Å². The topological polar surface area (TPSA) is 75.0 Å². The van der Waals surface area contributed by atoms with Gasteiger partial charge in [0.1, 0.15) is 18.0 Å². The highest BCUT2D eigenvalue weighted by atomic mass is 32.2. The second-order valence-corrected chi connectivity index (χ2v) is 6.96. The minimum atomic E-state index is -0.434. The number of para-hydroxylation sites is 2. The van der Waals surface area contributed by atoms with Gasteiger partial charge < -0.3 is 9.47 Å². The molecule has 3 heterocycles. The SMILES string of the molecule is C=CCn1c(Sc2ncnc(CC)c2F)nnc1C1COc2ccccc2O1. The zero-order chi connectivity index (χ0) is 19.5. The Kier molecular flexibility index (Phi) is 5.25. The number of rotatable bonds is 6. The molecular formula is C19H18FN5O2S. The summed E-state index contributed by atoms with van der Waals surface area (Å²) in [4.78, 5) is 8.01. The van der Waals surface area contributed by atoms with Crippen molar-refractivity contribution >= 4 is 11.8 Å². The van der Waals surface area contributed by atoms with Crippen LogP contribution in [0.3, 0.4) is 0 Å². The summed E-state index contributed by atoms with van der Waals surface area (Å²) in [5, 5.41) is 9.20. The van der Waals surface area contributed by atoms with E-state index in [1.807, 2.05) is 35.8 Å². The van der Waals surface area contributed by atoms with Crippen LogP contribution in [0.2, 0.25) is 0 Å². The van der Waals surface area contributed by atoms with Gasteiger partial charge in [-0.2, -0.15) is 0 Å². The van der Waals surface area contributed by atoms with E-state index in [4.69, 9.17) is 9.47 Å². The molecule has 1 aliphatic rings. The van der Waals surface area contributed by atoms with Crippen LogP contribution in [0.5, 0.6) is 11.5 Å². The van der Waals surface area contributed by atoms with Crippen LogP contribution >= 0.6 is 11.8 Å². The van der Waals surface area contributed by atoms with Gasteiger partial charge in [-0.15, -0.1) is 16.8 Å². The van der Waals surface area contributed by atoms with Gasteiger partial charge in [0.2, 0.25) is 0 Å². The molecule has 1 aromatic carbocycles. The Morgan fingerprint density at radius 3 is 2.89 bits per heavy atom.